The number of carbonyl (C=O) groups excluding carboxylic acids is 2. The number of benzene rings is 3. The topological polar surface area (TPSA) is 93.3 Å². The molecule has 0 atom stereocenters. The first-order valence-electron chi connectivity index (χ1n) is 10.7. The van der Waals surface area contributed by atoms with Crippen LogP contribution in [0.25, 0.3) is 16.9 Å². The van der Waals surface area contributed by atoms with Crippen molar-refractivity contribution in [2.75, 3.05) is 18.9 Å². The Morgan fingerprint density at radius 2 is 1.68 bits per heavy atom. The third kappa shape index (κ3) is 5.70. The zero-order valence-electron chi connectivity index (χ0n) is 18.6. The predicted molar refractivity (Wildman–Crippen MR) is 134 cm³/mol. The minimum atomic E-state index is -0.509. The molecule has 0 fully saturated rings. The smallest absolute Gasteiger partial charge is 0.248 e. The quantitative estimate of drug-likeness (QED) is 0.397. The number of halogens is 1. The van der Waals surface area contributed by atoms with Crippen molar-refractivity contribution < 1.29 is 9.59 Å². The Bertz CT molecular complexity index is 1290. The van der Waals surface area contributed by atoms with Crippen molar-refractivity contribution in [1.29, 1.82) is 0 Å². The molecule has 34 heavy (non-hydrogen) atoms. The number of nitrogens with one attached hydrogen (secondary N) is 1. The summed E-state index contributed by atoms with van der Waals surface area (Å²) in [5.74, 6) is -0.678. The van der Waals surface area contributed by atoms with Crippen molar-refractivity contribution >= 4 is 29.1 Å². The van der Waals surface area contributed by atoms with Crippen LogP contribution >= 0.6 is 11.6 Å². The first-order valence-corrected chi connectivity index (χ1v) is 11.0. The van der Waals surface area contributed by atoms with Gasteiger partial charge in [-0.25, -0.2) is 4.68 Å². The van der Waals surface area contributed by atoms with E-state index >= 15 is 0 Å². The molecule has 0 aliphatic carbocycles. The molecular weight excluding hydrogens is 450 g/mol. The number of nitrogens with zero attached hydrogens (tertiary/aromatic N) is 3. The predicted octanol–water partition coefficient (Wildman–Crippen LogP) is 4.36. The molecule has 0 saturated carbocycles. The van der Waals surface area contributed by atoms with Gasteiger partial charge < -0.3 is 11.1 Å². The number of para-hydroxylation sites is 1. The van der Waals surface area contributed by atoms with Gasteiger partial charge in [0.15, 0.2) is 0 Å². The molecule has 3 N–H and O–H groups in total. The number of nitrogens with two attached hydrogens (primary N) is 1. The van der Waals surface area contributed by atoms with Crippen molar-refractivity contribution in [3.63, 3.8) is 0 Å². The molecular formula is C26H24ClN5O2. The van der Waals surface area contributed by atoms with E-state index in [1.807, 2.05) is 77.4 Å². The molecule has 8 heteroatoms. The van der Waals surface area contributed by atoms with E-state index in [0.717, 1.165) is 22.5 Å². The van der Waals surface area contributed by atoms with Crippen molar-refractivity contribution in [3.05, 3.63) is 101 Å². The molecule has 0 saturated heterocycles. The van der Waals surface area contributed by atoms with E-state index in [0.29, 0.717) is 22.8 Å². The summed E-state index contributed by atoms with van der Waals surface area (Å²) in [6, 6.07) is 23.9. The van der Waals surface area contributed by atoms with Gasteiger partial charge >= 0.3 is 0 Å². The van der Waals surface area contributed by atoms with Crippen LogP contribution < -0.4 is 11.1 Å². The van der Waals surface area contributed by atoms with Gasteiger partial charge in [-0.3, -0.25) is 14.5 Å². The number of likely N-dealkylation sites (N-methyl/N-ethyl adjacent to an activating group) is 1. The maximum atomic E-state index is 12.6. The number of carbonyl (C=O) groups is 2. The zero-order valence-corrected chi connectivity index (χ0v) is 19.4. The molecule has 3 aromatic carbocycles. The van der Waals surface area contributed by atoms with Gasteiger partial charge in [0, 0.05) is 40.1 Å². The fourth-order valence-corrected chi connectivity index (χ4v) is 3.73. The van der Waals surface area contributed by atoms with Crippen LogP contribution in [0.2, 0.25) is 5.02 Å². The Hall–Kier alpha value is -3.94. The highest BCUT2D eigenvalue weighted by Crippen LogP contribution is 2.26. The number of hydrogen-bond donors (Lipinski definition) is 2. The summed E-state index contributed by atoms with van der Waals surface area (Å²) in [7, 11) is 1.88. The highest BCUT2D eigenvalue weighted by molar-refractivity contribution is 6.30. The fourth-order valence-electron chi connectivity index (χ4n) is 3.60. The van der Waals surface area contributed by atoms with Crippen LogP contribution in [0, 0.1) is 0 Å². The van der Waals surface area contributed by atoms with Gasteiger partial charge in [0.05, 0.1) is 17.9 Å². The van der Waals surface area contributed by atoms with E-state index in [4.69, 9.17) is 22.4 Å². The second-order valence-electron chi connectivity index (χ2n) is 7.95. The molecule has 0 aliphatic rings. The van der Waals surface area contributed by atoms with Gasteiger partial charge in [-0.05, 0) is 55.6 Å². The second-order valence-corrected chi connectivity index (χ2v) is 8.39. The maximum Gasteiger partial charge on any atom is 0.248 e. The first-order chi connectivity index (χ1) is 16.4. The summed E-state index contributed by atoms with van der Waals surface area (Å²) >= 11 is 6.07. The van der Waals surface area contributed by atoms with Crippen molar-refractivity contribution in [3.8, 4) is 16.9 Å². The van der Waals surface area contributed by atoms with E-state index in [9.17, 15) is 9.59 Å². The Kier molecular flexibility index (Phi) is 7.06. The fraction of sp³-hybridized carbons (Fsp3) is 0.115. The van der Waals surface area contributed by atoms with Gasteiger partial charge in [-0.15, -0.1) is 0 Å². The number of anilines is 1. The first kappa shape index (κ1) is 23.2. The highest BCUT2D eigenvalue weighted by Gasteiger charge is 2.16. The molecule has 0 bridgehead atoms. The Morgan fingerprint density at radius 3 is 2.32 bits per heavy atom. The average molecular weight is 474 g/mol. The molecule has 2 amide bonds. The summed E-state index contributed by atoms with van der Waals surface area (Å²) in [5, 5.41) is 8.31. The van der Waals surface area contributed by atoms with Gasteiger partial charge in [0.25, 0.3) is 0 Å². The van der Waals surface area contributed by atoms with Crippen molar-refractivity contribution in [2.45, 2.75) is 6.54 Å². The summed E-state index contributed by atoms with van der Waals surface area (Å²) in [6.45, 7) is 0.687. The third-order valence-electron chi connectivity index (χ3n) is 5.24. The van der Waals surface area contributed by atoms with E-state index in [1.54, 1.807) is 24.3 Å². The molecule has 0 radical (unpaired) electrons. The van der Waals surface area contributed by atoms with Gasteiger partial charge in [-0.2, -0.15) is 5.10 Å². The highest BCUT2D eigenvalue weighted by atomic mass is 35.5. The van der Waals surface area contributed by atoms with E-state index < -0.39 is 5.91 Å². The minimum absolute atomic E-state index is 0.169. The number of hydrogen-bond acceptors (Lipinski definition) is 4. The standard InChI is InChI=1S/C26H24ClN5O2/c1-31(17-24(33)29-22-13-9-19(10-14-22)26(28)34)15-20-16-32(23-5-3-2-4-6-23)30-25(20)18-7-11-21(27)12-8-18/h2-14,16H,15,17H2,1H3,(H2,28,34)(H,29,33). The van der Waals surface area contributed by atoms with Crippen LogP contribution in [0.15, 0.2) is 85.1 Å². The lowest BCUT2D eigenvalue weighted by Gasteiger charge is -2.16. The molecule has 7 nitrogen and oxygen atoms in total. The Balaban J connectivity index is 1.50. The lowest BCUT2D eigenvalue weighted by molar-refractivity contribution is -0.117. The zero-order chi connectivity index (χ0) is 24.1. The molecule has 4 rings (SSSR count). The molecule has 172 valence electrons. The summed E-state index contributed by atoms with van der Waals surface area (Å²) in [4.78, 5) is 25.7. The Morgan fingerprint density at radius 1 is 1.00 bits per heavy atom. The van der Waals surface area contributed by atoms with E-state index in [1.165, 1.54) is 0 Å². The van der Waals surface area contributed by atoms with Gasteiger partial charge in [-0.1, -0.05) is 41.9 Å². The molecule has 0 aliphatic heterocycles. The van der Waals surface area contributed by atoms with Crippen LogP contribution in [-0.2, 0) is 11.3 Å². The third-order valence-corrected chi connectivity index (χ3v) is 5.49. The average Bonchev–Trinajstić information content (AvgIpc) is 3.24. The molecule has 4 aromatic rings. The lowest BCUT2D eigenvalue weighted by atomic mass is 10.1. The second kappa shape index (κ2) is 10.3. The number of primary amides is 1. The van der Waals surface area contributed by atoms with Gasteiger partial charge in [0.1, 0.15) is 0 Å². The lowest BCUT2D eigenvalue weighted by Crippen LogP contribution is -2.29. The number of amides is 2. The Labute approximate surface area is 202 Å². The van der Waals surface area contributed by atoms with Crippen LogP contribution in [0.4, 0.5) is 5.69 Å². The number of aromatic nitrogens is 2. The summed E-state index contributed by atoms with van der Waals surface area (Å²) in [6.07, 6.45) is 1.98. The van der Waals surface area contributed by atoms with Crippen molar-refractivity contribution in [1.82, 2.24) is 14.7 Å². The van der Waals surface area contributed by atoms with Crippen LogP contribution in [0.5, 0.6) is 0 Å². The largest absolute Gasteiger partial charge is 0.366 e. The van der Waals surface area contributed by atoms with Crippen molar-refractivity contribution in [2.24, 2.45) is 5.73 Å². The maximum absolute atomic E-state index is 12.6. The summed E-state index contributed by atoms with van der Waals surface area (Å²) < 4.78 is 1.84. The van der Waals surface area contributed by atoms with Crippen LogP contribution in [0.3, 0.4) is 0 Å². The van der Waals surface area contributed by atoms with E-state index in [2.05, 4.69) is 5.32 Å². The van der Waals surface area contributed by atoms with Crippen LogP contribution in [-0.4, -0.2) is 40.1 Å². The normalized spacial score (nSPS) is 10.9. The molecule has 1 aromatic heterocycles. The molecule has 1 heterocycles. The monoisotopic (exact) mass is 473 g/mol. The molecule has 0 spiro atoms. The SMILES string of the molecule is CN(CC(=O)Nc1ccc(C(N)=O)cc1)Cc1cn(-c2ccccc2)nc1-c1ccc(Cl)cc1. The minimum Gasteiger partial charge on any atom is -0.366 e. The van der Waals surface area contributed by atoms with Crippen LogP contribution in [0.1, 0.15) is 15.9 Å². The molecule has 0 unspecified atom stereocenters. The summed E-state index contributed by atoms with van der Waals surface area (Å²) in [5.41, 5.74) is 9.95. The number of rotatable bonds is 8. The van der Waals surface area contributed by atoms with E-state index in [-0.39, 0.29) is 12.5 Å². The van der Waals surface area contributed by atoms with Gasteiger partial charge in [0.2, 0.25) is 11.8 Å².